The highest BCUT2D eigenvalue weighted by atomic mass is 16.5. The van der Waals surface area contributed by atoms with Crippen molar-refractivity contribution in [2.75, 3.05) is 6.61 Å². The second-order valence-corrected chi connectivity index (χ2v) is 2.75. The van der Waals surface area contributed by atoms with Gasteiger partial charge in [-0.05, 0) is 17.9 Å². The Morgan fingerprint density at radius 1 is 1.23 bits per heavy atom. The highest BCUT2D eigenvalue weighted by Crippen LogP contribution is 1.99. The van der Waals surface area contributed by atoms with Crippen LogP contribution in [-0.4, -0.2) is 23.8 Å². The van der Waals surface area contributed by atoms with E-state index in [1.165, 1.54) is 0 Å². The summed E-state index contributed by atoms with van der Waals surface area (Å²) in [6, 6.07) is 7.01. The van der Waals surface area contributed by atoms with Crippen molar-refractivity contribution < 1.29 is 14.8 Å². The van der Waals surface area contributed by atoms with Crippen LogP contribution in [0.2, 0.25) is 0 Å². The molecule has 0 fully saturated rings. The van der Waals surface area contributed by atoms with Crippen molar-refractivity contribution in [3.63, 3.8) is 0 Å². The minimum Gasteiger partial charge on any atom is -0.423 e. The van der Waals surface area contributed by atoms with Crippen LogP contribution in [0.4, 0.5) is 0 Å². The summed E-state index contributed by atoms with van der Waals surface area (Å²) in [5, 5.41) is 17.6. The van der Waals surface area contributed by atoms with Crippen LogP contribution in [0, 0.1) is 0 Å². The van der Waals surface area contributed by atoms with E-state index in [1.807, 2.05) is 19.1 Å². The highest BCUT2D eigenvalue weighted by molar-refractivity contribution is 6.58. The molecule has 0 bridgehead atoms. The summed E-state index contributed by atoms with van der Waals surface area (Å²) in [4.78, 5) is 0. The van der Waals surface area contributed by atoms with Gasteiger partial charge in [-0.25, -0.2) is 0 Å². The summed E-state index contributed by atoms with van der Waals surface area (Å²) in [5.74, 6) is 0. The third kappa shape index (κ3) is 3.18. The predicted octanol–water partition coefficient (Wildman–Crippen LogP) is -0.0971. The molecular formula is C9H13BO3. The van der Waals surface area contributed by atoms with Gasteiger partial charge in [-0.3, -0.25) is 0 Å². The van der Waals surface area contributed by atoms with Crippen LogP contribution in [0.5, 0.6) is 0 Å². The van der Waals surface area contributed by atoms with Crippen LogP contribution >= 0.6 is 0 Å². The highest BCUT2D eigenvalue weighted by Gasteiger charge is 2.09. The lowest BCUT2D eigenvalue weighted by molar-refractivity contribution is 0.134. The Morgan fingerprint density at radius 2 is 1.85 bits per heavy atom. The second-order valence-electron chi connectivity index (χ2n) is 2.75. The number of ether oxygens (including phenoxy) is 1. The molecule has 0 saturated carbocycles. The molecule has 0 spiro atoms. The van der Waals surface area contributed by atoms with E-state index in [2.05, 4.69) is 0 Å². The van der Waals surface area contributed by atoms with Crippen molar-refractivity contribution in [3.8, 4) is 0 Å². The molecular weight excluding hydrogens is 167 g/mol. The second kappa shape index (κ2) is 5.02. The van der Waals surface area contributed by atoms with Crippen molar-refractivity contribution in [2.24, 2.45) is 0 Å². The van der Waals surface area contributed by atoms with Crippen LogP contribution in [0.25, 0.3) is 0 Å². The van der Waals surface area contributed by atoms with Gasteiger partial charge in [0.15, 0.2) is 0 Å². The largest absolute Gasteiger partial charge is 0.488 e. The summed E-state index contributed by atoms with van der Waals surface area (Å²) in [7, 11) is -1.39. The number of hydrogen-bond donors (Lipinski definition) is 2. The Balaban J connectivity index is 2.59. The van der Waals surface area contributed by atoms with E-state index in [9.17, 15) is 0 Å². The minimum absolute atomic E-state index is 0.500. The number of rotatable bonds is 4. The maximum absolute atomic E-state index is 8.81. The third-order valence-corrected chi connectivity index (χ3v) is 1.75. The van der Waals surface area contributed by atoms with Crippen LogP contribution in [0.15, 0.2) is 24.3 Å². The van der Waals surface area contributed by atoms with Crippen LogP contribution in [-0.2, 0) is 11.3 Å². The van der Waals surface area contributed by atoms with Gasteiger partial charge < -0.3 is 14.8 Å². The molecule has 1 aromatic rings. The maximum atomic E-state index is 8.81. The molecule has 2 N–H and O–H groups in total. The van der Waals surface area contributed by atoms with Crippen LogP contribution in [0.3, 0.4) is 0 Å². The van der Waals surface area contributed by atoms with Gasteiger partial charge in [-0.15, -0.1) is 0 Å². The molecule has 0 heterocycles. The van der Waals surface area contributed by atoms with E-state index in [1.54, 1.807) is 12.1 Å². The first-order valence-electron chi connectivity index (χ1n) is 4.26. The Kier molecular flexibility index (Phi) is 3.95. The molecule has 3 nitrogen and oxygen atoms in total. The first kappa shape index (κ1) is 10.2. The van der Waals surface area contributed by atoms with Gasteiger partial charge in [0.25, 0.3) is 0 Å². The molecule has 0 aromatic heterocycles. The van der Waals surface area contributed by atoms with Crippen LogP contribution < -0.4 is 5.46 Å². The van der Waals surface area contributed by atoms with Gasteiger partial charge in [0.1, 0.15) is 0 Å². The Bertz CT molecular complexity index is 246. The minimum atomic E-state index is -1.39. The van der Waals surface area contributed by atoms with E-state index in [0.29, 0.717) is 18.7 Å². The van der Waals surface area contributed by atoms with Gasteiger partial charge in [0, 0.05) is 6.61 Å². The standard InChI is InChI=1S/C9H13BO3/c1-2-13-7-8-3-5-9(6-4-8)10(11)12/h3-6,11-12H,2,7H2,1H3. The average Bonchev–Trinajstić information content (AvgIpc) is 2.15. The zero-order chi connectivity index (χ0) is 9.68. The Labute approximate surface area is 78.1 Å². The zero-order valence-corrected chi connectivity index (χ0v) is 7.60. The van der Waals surface area contributed by atoms with Gasteiger partial charge in [-0.1, -0.05) is 24.3 Å². The summed E-state index contributed by atoms with van der Waals surface area (Å²) >= 11 is 0. The lowest BCUT2D eigenvalue weighted by Gasteiger charge is -2.03. The SMILES string of the molecule is CCOCc1ccc(B(O)O)cc1. The molecule has 4 heteroatoms. The fourth-order valence-corrected chi connectivity index (χ4v) is 1.01. The van der Waals surface area contributed by atoms with Gasteiger partial charge in [0.05, 0.1) is 6.61 Å². The molecule has 0 saturated heterocycles. The summed E-state index contributed by atoms with van der Waals surface area (Å²) in [5.41, 5.74) is 1.53. The lowest BCUT2D eigenvalue weighted by atomic mass is 9.80. The van der Waals surface area contributed by atoms with Crippen molar-refractivity contribution in [1.82, 2.24) is 0 Å². The predicted molar refractivity (Wildman–Crippen MR) is 51.6 cm³/mol. The first-order valence-corrected chi connectivity index (χ1v) is 4.26. The molecule has 0 aliphatic heterocycles. The molecule has 0 aliphatic carbocycles. The fourth-order valence-electron chi connectivity index (χ4n) is 1.01. The van der Waals surface area contributed by atoms with E-state index < -0.39 is 7.12 Å². The summed E-state index contributed by atoms with van der Waals surface area (Å²) in [6.07, 6.45) is 0. The molecule has 1 aromatic carbocycles. The number of hydrogen-bond acceptors (Lipinski definition) is 3. The average molecular weight is 180 g/mol. The zero-order valence-electron chi connectivity index (χ0n) is 7.60. The monoisotopic (exact) mass is 180 g/mol. The molecule has 13 heavy (non-hydrogen) atoms. The Morgan fingerprint density at radius 3 is 2.31 bits per heavy atom. The quantitative estimate of drug-likeness (QED) is 0.636. The van der Waals surface area contributed by atoms with E-state index >= 15 is 0 Å². The van der Waals surface area contributed by atoms with Crippen LogP contribution in [0.1, 0.15) is 12.5 Å². The molecule has 0 radical (unpaired) electrons. The maximum Gasteiger partial charge on any atom is 0.488 e. The smallest absolute Gasteiger partial charge is 0.423 e. The van der Waals surface area contributed by atoms with Crippen molar-refractivity contribution in [1.29, 1.82) is 0 Å². The lowest BCUT2D eigenvalue weighted by Crippen LogP contribution is -2.29. The third-order valence-electron chi connectivity index (χ3n) is 1.75. The van der Waals surface area contributed by atoms with Crippen molar-refractivity contribution in [3.05, 3.63) is 29.8 Å². The fraction of sp³-hybridized carbons (Fsp3) is 0.333. The van der Waals surface area contributed by atoms with Crippen molar-refractivity contribution >= 4 is 12.6 Å². The van der Waals surface area contributed by atoms with Gasteiger partial charge >= 0.3 is 7.12 Å². The van der Waals surface area contributed by atoms with E-state index in [-0.39, 0.29) is 0 Å². The van der Waals surface area contributed by atoms with E-state index in [4.69, 9.17) is 14.8 Å². The molecule has 0 atom stereocenters. The summed E-state index contributed by atoms with van der Waals surface area (Å²) < 4.78 is 5.19. The van der Waals surface area contributed by atoms with E-state index in [0.717, 1.165) is 5.56 Å². The summed E-state index contributed by atoms with van der Waals surface area (Å²) in [6.45, 7) is 3.19. The molecule has 70 valence electrons. The molecule has 0 aliphatic rings. The first-order chi connectivity index (χ1) is 6.24. The topological polar surface area (TPSA) is 49.7 Å². The number of benzene rings is 1. The van der Waals surface area contributed by atoms with Gasteiger partial charge in [-0.2, -0.15) is 0 Å². The molecule has 1 rings (SSSR count). The van der Waals surface area contributed by atoms with Gasteiger partial charge in [0.2, 0.25) is 0 Å². The molecule has 0 amide bonds. The molecule has 0 unspecified atom stereocenters. The Hall–Kier alpha value is -0.835. The normalized spacial score (nSPS) is 10.1. The van der Waals surface area contributed by atoms with Crippen molar-refractivity contribution in [2.45, 2.75) is 13.5 Å².